The van der Waals surface area contributed by atoms with Crippen molar-refractivity contribution in [2.24, 2.45) is 17.3 Å². The summed E-state index contributed by atoms with van der Waals surface area (Å²) in [5, 5.41) is 8.96. The molecule has 0 aromatic heterocycles. The molecule has 0 aromatic carbocycles. The average molecular weight is 240 g/mol. The van der Waals surface area contributed by atoms with E-state index >= 15 is 0 Å². The molecule has 0 bridgehead atoms. The number of carboxylic acids is 1. The van der Waals surface area contributed by atoms with Crippen molar-refractivity contribution in [3.63, 3.8) is 0 Å². The maximum atomic E-state index is 11.4. The molecule has 4 nitrogen and oxygen atoms in total. The Kier molecular flexibility index (Phi) is 3.96. The van der Waals surface area contributed by atoms with E-state index in [0.29, 0.717) is 0 Å². The number of hydrogen-bond donors (Lipinski definition) is 1. The zero-order chi connectivity index (χ0) is 13.2. The molecule has 96 valence electrons. The fourth-order valence-corrected chi connectivity index (χ4v) is 2.01. The minimum absolute atomic E-state index is 0.0792. The lowest BCUT2D eigenvalue weighted by molar-refractivity contribution is -0.142. The van der Waals surface area contributed by atoms with E-state index in [1.54, 1.807) is 6.08 Å². The predicted octanol–water partition coefficient (Wildman–Crippen LogP) is 2.24. The van der Waals surface area contributed by atoms with E-state index in [1.807, 2.05) is 27.7 Å². The first-order valence-corrected chi connectivity index (χ1v) is 5.92. The minimum atomic E-state index is -0.806. The van der Waals surface area contributed by atoms with Gasteiger partial charge in [0.2, 0.25) is 0 Å². The minimum Gasteiger partial charge on any atom is -0.481 e. The van der Waals surface area contributed by atoms with Crippen molar-refractivity contribution in [2.45, 2.75) is 40.2 Å². The molecule has 1 rings (SSSR count). The number of esters is 1. The monoisotopic (exact) mass is 240 g/mol. The molecule has 1 fully saturated rings. The number of ether oxygens (including phenoxy) is 1. The molecule has 1 N–H and O–H groups in total. The van der Waals surface area contributed by atoms with Crippen LogP contribution in [0.3, 0.4) is 0 Å². The van der Waals surface area contributed by atoms with Crippen LogP contribution in [-0.4, -0.2) is 23.1 Å². The van der Waals surface area contributed by atoms with Crippen molar-refractivity contribution >= 4 is 11.9 Å². The lowest BCUT2D eigenvalue weighted by Gasteiger charge is -2.07. The Morgan fingerprint density at radius 1 is 1.47 bits per heavy atom. The normalized spacial score (nSPS) is 27.8. The number of aliphatic carboxylic acids is 1. The Balaban J connectivity index is 2.51. The summed E-state index contributed by atoms with van der Waals surface area (Å²) in [7, 11) is 0. The molecule has 0 saturated heterocycles. The van der Waals surface area contributed by atoms with Gasteiger partial charge >= 0.3 is 11.9 Å². The third-order valence-electron chi connectivity index (χ3n) is 3.51. The summed E-state index contributed by atoms with van der Waals surface area (Å²) in [5.74, 6) is -1.68. The SMILES string of the molecule is CCC(C)OC(=O)/C=C/C1C(C(=O)O)C1(C)C. The van der Waals surface area contributed by atoms with Crippen LogP contribution >= 0.6 is 0 Å². The number of carboxylic acid groups (broad SMARTS) is 1. The van der Waals surface area contributed by atoms with Crippen LogP contribution in [0, 0.1) is 17.3 Å². The molecular formula is C13H20O4. The summed E-state index contributed by atoms with van der Waals surface area (Å²) in [6.07, 6.45) is 3.67. The number of carbonyl (C=O) groups is 2. The maximum Gasteiger partial charge on any atom is 0.330 e. The number of carbonyl (C=O) groups excluding carboxylic acids is 1. The lowest BCUT2D eigenvalue weighted by atomic mass is 10.1. The third kappa shape index (κ3) is 3.08. The largest absolute Gasteiger partial charge is 0.481 e. The quantitative estimate of drug-likeness (QED) is 0.591. The van der Waals surface area contributed by atoms with Gasteiger partial charge in [-0.1, -0.05) is 26.8 Å². The molecule has 3 unspecified atom stereocenters. The Labute approximate surface area is 102 Å². The second kappa shape index (κ2) is 4.90. The fourth-order valence-electron chi connectivity index (χ4n) is 2.01. The van der Waals surface area contributed by atoms with Gasteiger partial charge in [-0.05, 0) is 24.7 Å². The summed E-state index contributed by atoms with van der Waals surface area (Å²) < 4.78 is 5.07. The average Bonchev–Trinajstić information content (AvgIpc) is 2.77. The molecule has 0 aromatic rings. The Morgan fingerprint density at radius 3 is 2.47 bits per heavy atom. The second-order valence-electron chi connectivity index (χ2n) is 5.18. The molecule has 1 saturated carbocycles. The third-order valence-corrected chi connectivity index (χ3v) is 3.51. The molecule has 0 amide bonds. The van der Waals surface area contributed by atoms with Crippen LogP contribution in [0.15, 0.2) is 12.2 Å². The summed E-state index contributed by atoms with van der Waals surface area (Å²) in [5.41, 5.74) is -0.265. The molecule has 1 aliphatic carbocycles. The molecule has 0 aliphatic heterocycles. The molecule has 0 heterocycles. The van der Waals surface area contributed by atoms with Crippen molar-refractivity contribution in [3.05, 3.63) is 12.2 Å². The Bertz CT molecular complexity index is 343. The molecular weight excluding hydrogens is 220 g/mol. The highest BCUT2D eigenvalue weighted by atomic mass is 16.5. The first-order valence-electron chi connectivity index (χ1n) is 5.92. The molecule has 4 heteroatoms. The van der Waals surface area contributed by atoms with Crippen molar-refractivity contribution in [3.8, 4) is 0 Å². The van der Waals surface area contributed by atoms with Gasteiger partial charge < -0.3 is 9.84 Å². The van der Waals surface area contributed by atoms with Gasteiger partial charge in [0, 0.05) is 6.08 Å². The zero-order valence-electron chi connectivity index (χ0n) is 10.8. The van der Waals surface area contributed by atoms with Crippen LogP contribution in [0.1, 0.15) is 34.1 Å². The highest BCUT2D eigenvalue weighted by Crippen LogP contribution is 2.58. The van der Waals surface area contributed by atoms with Crippen LogP contribution in [-0.2, 0) is 14.3 Å². The van der Waals surface area contributed by atoms with Gasteiger partial charge in [-0.15, -0.1) is 0 Å². The summed E-state index contributed by atoms with van der Waals surface area (Å²) in [6.45, 7) is 7.54. The lowest BCUT2D eigenvalue weighted by Crippen LogP contribution is -2.11. The number of hydrogen-bond acceptors (Lipinski definition) is 3. The van der Waals surface area contributed by atoms with Crippen molar-refractivity contribution in [1.82, 2.24) is 0 Å². The van der Waals surface area contributed by atoms with Crippen molar-refractivity contribution < 1.29 is 19.4 Å². The van der Waals surface area contributed by atoms with E-state index < -0.39 is 17.9 Å². The van der Waals surface area contributed by atoms with E-state index in [2.05, 4.69) is 0 Å². The van der Waals surface area contributed by atoms with Gasteiger partial charge in [-0.2, -0.15) is 0 Å². The smallest absolute Gasteiger partial charge is 0.330 e. The first-order chi connectivity index (χ1) is 7.80. The highest BCUT2D eigenvalue weighted by Gasteiger charge is 2.60. The Morgan fingerprint density at radius 2 is 2.06 bits per heavy atom. The predicted molar refractivity (Wildman–Crippen MR) is 63.4 cm³/mol. The van der Waals surface area contributed by atoms with Crippen LogP contribution in [0.2, 0.25) is 0 Å². The van der Waals surface area contributed by atoms with Crippen LogP contribution in [0.25, 0.3) is 0 Å². The van der Waals surface area contributed by atoms with Crippen molar-refractivity contribution in [1.29, 1.82) is 0 Å². The van der Waals surface area contributed by atoms with Crippen LogP contribution < -0.4 is 0 Å². The summed E-state index contributed by atoms with van der Waals surface area (Å²) in [4.78, 5) is 22.3. The molecule has 0 radical (unpaired) electrons. The summed E-state index contributed by atoms with van der Waals surface area (Å²) >= 11 is 0. The number of rotatable bonds is 5. The highest BCUT2D eigenvalue weighted by molar-refractivity contribution is 5.83. The van der Waals surface area contributed by atoms with Gasteiger partial charge in [-0.25, -0.2) is 4.79 Å². The number of allylic oxidation sites excluding steroid dienone is 1. The van der Waals surface area contributed by atoms with E-state index in [-0.39, 0.29) is 17.4 Å². The Hall–Kier alpha value is -1.32. The fraction of sp³-hybridized carbons (Fsp3) is 0.692. The first kappa shape index (κ1) is 13.7. The maximum absolute atomic E-state index is 11.4. The topological polar surface area (TPSA) is 63.6 Å². The van der Waals surface area contributed by atoms with Gasteiger partial charge in [0.05, 0.1) is 12.0 Å². The molecule has 1 aliphatic rings. The summed E-state index contributed by atoms with van der Waals surface area (Å²) in [6, 6.07) is 0. The zero-order valence-corrected chi connectivity index (χ0v) is 10.8. The standard InChI is InChI=1S/C13H20O4/c1-5-8(2)17-10(14)7-6-9-11(12(15)16)13(9,3)4/h6-9,11H,5H2,1-4H3,(H,15,16)/b7-6+. The van der Waals surface area contributed by atoms with Gasteiger partial charge in [-0.3, -0.25) is 4.79 Å². The van der Waals surface area contributed by atoms with E-state index in [1.165, 1.54) is 6.08 Å². The van der Waals surface area contributed by atoms with Gasteiger partial charge in [0.25, 0.3) is 0 Å². The van der Waals surface area contributed by atoms with E-state index in [9.17, 15) is 9.59 Å². The van der Waals surface area contributed by atoms with Crippen molar-refractivity contribution in [2.75, 3.05) is 0 Å². The van der Waals surface area contributed by atoms with Crippen LogP contribution in [0.4, 0.5) is 0 Å². The van der Waals surface area contributed by atoms with E-state index in [4.69, 9.17) is 9.84 Å². The molecule has 0 spiro atoms. The molecule has 3 atom stereocenters. The van der Waals surface area contributed by atoms with Gasteiger partial charge in [0.15, 0.2) is 0 Å². The van der Waals surface area contributed by atoms with Gasteiger partial charge in [0.1, 0.15) is 0 Å². The second-order valence-corrected chi connectivity index (χ2v) is 5.18. The molecule has 17 heavy (non-hydrogen) atoms. The van der Waals surface area contributed by atoms with E-state index in [0.717, 1.165) is 6.42 Å². The van der Waals surface area contributed by atoms with Crippen LogP contribution in [0.5, 0.6) is 0 Å².